The van der Waals surface area contributed by atoms with Gasteiger partial charge in [0.15, 0.2) is 0 Å². The van der Waals surface area contributed by atoms with Crippen LogP contribution in [0.5, 0.6) is 0 Å². The highest BCUT2D eigenvalue weighted by Crippen LogP contribution is 2.27. The van der Waals surface area contributed by atoms with Crippen LogP contribution in [0.2, 0.25) is 0 Å². The number of benzene rings is 3. The fourth-order valence-electron chi connectivity index (χ4n) is 3.78. The number of carbonyl (C=O) groups excluding carboxylic acids is 1. The molecule has 3 aromatic rings. The first-order chi connectivity index (χ1) is 14.8. The van der Waals surface area contributed by atoms with Crippen LogP contribution >= 0.6 is 0 Å². The molecule has 0 bridgehead atoms. The minimum Gasteiger partial charge on any atom is -0.326 e. The number of hydrogen-bond acceptors (Lipinski definition) is 3. The number of halogens is 1. The van der Waals surface area contributed by atoms with Crippen molar-refractivity contribution in [3.8, 4) is 0 Å². The molecule has 0 saturated heterocycles. The zero-order valence-corrected chi connectivity index (χ0v) is 18.0. The summed E-state index contributed by atoms with van der Waals surface area (Å²) in [4.78, 5) is 12.5. The van der Waals surface area contributed by atoms with E-state index in [-0.39, 0.29) is 23.8 Å². The molecule has 1 heterocycles. The number of nitrogens with one attached hydrogen (secondary N) is 1. The maximum Gasteiger partial charge on any atom is 0.243 e. The number of hydrogen-bond donors (Lipinski definition) is 1. The molecular weight excluding hydrogens is 415 g/mol. The minimum atomic E-state index is -3.72. The normalized spacial score (nSPS) is 14.1. The number of amides is 1. The maximum atomic E-state index is 13.2. The average Bonchev–Trinajstić information content (AvgIpc) is 2.73. The zero-order chi connectivity index (χ0) is 22.0. The van der Waals surface area contributed by atoms with Gasteiger partial charge in [0, 0.05) is 18.8 Å². The van der Waals surface area contributed by atoms with E-state index < -0.39 is 15.8 Å². The molecule has 0 radical (unpaired) electrons. The molecule has 1 aliphatic rings. The second-order valence-corrected chi connectivity index (χ2v) is 9.68. The van der Waals surface area contributed by atoms with E-state index in [9.17, 15) is 17.6 Å². The highest BCUT2D eigenvalue weighted by Gasteiger charge is 2.28. The van der Waals surface area contributed by atoms with Gasteiger partial charge >= 0.3 is 0 Å². The molecule has 0 unspecified atom stereocenters. The molecule has 3 aromatic carbocycles. The first-order valence-corrected chi connectivity index (χ1v) is 11.5. The third-order valence-electron chi connectivity index (χ3n) is 5.37. The minimum absolute atomic E-state index is 0.0694. The van der Waals surface area contributed by atoms with E-state index in [2.05, 4.69) is 5.32 Å². The molecule has 1 amide bonds. The highest BCUT2D eigenvalue weighted by atomic mass is 32.2. The van der Waals surface area contributed by atoms with Gasteiger partial charge < -0.3 is 5.32 Å². The molecule has 1 N–H and O–H groups in total. The van der Waals surface area contributed by atoms with Gasteiger partial charge in [0.05, 0.1) is 11.3 Å². The second-order valence-electron chi connectivity index (χ2n) is 7.74. The third-order valence-corrected chi connectivity index (χ3v) is 7.23. The van der Waals surface area contributed by atoms with Crippen molar-refractivity contribution in [2.75, 3.05) is 11.9 Å². The number of aryl methyl sites for hydroxylation is 1. The Labute approximate surface area is 181 Å². The molecule has 7 heteroatoms. The van der Waals surface area contributed by atoms with E-state index in [1.54, 1.807) is 0 Å². The van der Waals surface area contributed by atoms with Crippen LogP contribution in [0.1, 0.15) is 22.3 Å². The summed E-state index contributed by atoms with van der Waals surface area (Å²) in [5.41, 5.74) is 4.58. The zero-order valence-electron chi connectivity index (χ0n) is 17.1. The third kappa shape index (κ3) is 4.84. The summed E-state index contributed by atoms with van der Waals surface area (Å²) < 4.78 is 40.4. The monoisotopic (exact) mass is 438 g/mol. The van der Waals surface area contributed by atoms with Crippen LogP contribution < -0.4 is 5.32 Å². The Bertz CT molecular complexity index is 1220. The summed E-state index contributed by atoms with van der Waals surface area (Å²) >= 11 is 0. The number of carbonyl (C=O) groups is 1. The smallest absolute Gasteiger partial charge is 0.243 e. The molecule has 0 aliphatic carbocycles. The molecule has 1 aliphatic heterocycles. The number of anilines is 1. The van der Waals surface area contributed by atoms with Crippen molar-refractivity contribution in [3.05, 3.63) is 94.8 Å². The van der Waals surface area contributed by atoms with Gasteiger partial charge in [0.2, 0.25) is 15.9 Å². The van der Waals surface area contributed by atoms with Gasteiger partial charge in [-0.3, -0.25) is 4.79 Å². The SMILES string of the molecule is Cc1cccc(CC(=O)Nc2ccc3c(c2)CN(S(=O)(=O)c2ccc(F)cc2)CC3)c1. The molecule has 0 atom stereocenters. The summed E-state index contributed by atoms with van der Waals surface area (Å²) in [6.07, 6.45) is 0.844. The summed E-state index contributed by atoms with van der Waals surface area (Å²) in [6.45, 7) is 2.54. The van der Waals surface area contributed by atoms with Crippen molar-refractivity contribution in [2.45, 2.75) is 31.2 Å². The van der Waals surface area contributed by atoms with Gasteiger partial charge in [0.25, 0.3) is 0 Å². The summed E-state index contributed by atoms with van der Waals surface area (Å²) in [6, 6.07) is 18.3. The van der Waals surface area contributed by atoms with E-state index in [0.29, 0.717) is 18.7 Å². The Balaban J connectivity index is 1.48. The Morgan fingerprint density at radius 2 is 1.81 bits per heavy atom. The topological polar surface area (TPSA) is 66.5 Å². The first-order valence-electron chi connectivity index (χ1n) is 10.0. The molecule has 5 nitrogen and oxygen atoms in total. The predicted octanol–water partition coefficient (Wildman–Crippen LogP) is 4.06. The molecule has 31 heavy (non-hydrogen) atoms. The lowest BCUT2D eigenvalue weighted by molar-refractivity contribution is -0.115. The van der Waals surface area contributed by atoms with Crippen LogP contribution in [0.25, 0.3) is 0 Å². The van der Waals surface area contributed by atoms with Gasteiger partial charge in [0.1, 0.15) is 5.82 Å². The lowest BCUT2D eigenvalue weighted by Gasteiger charge is -2.28. The lowest BCUT2D eigenvalue weighted by Crippen LogP contribution is -2.36. The van der Waals surface area contributed by atoms with Crippen LogP contribution in [0.15, 0.2) is 71.6 Å². The summed E-state index contributed by atoms with van der Waals surface area (Å²) in [7, 11) is -3.72. The summed E-state index contributed by atoms with van der Waals surface area (Å²) in [5.74, 6) is -0.605. The quantitative estimate of drug-likeness (QED) is 0.653. The molecule has 0 aromatic heterocycles. The number of sulfonamides is 1. The Morgan fingerprint density at radius 1 is 1.03 bits per heavy atom. The van der Waals surface area contributed by atoms with Crippen molar-refractivity contribution < 1.29 is 17.6 Å². The molecule has 0 saturated carbocycles. The van der Waals surface area contributed by atoms with E-state index in [1.165, 1.54) is 16.4 Å². The van der Waals surface area contributed by atoms with Gasteiger partial charge in [-0.05, 0) is 66.4 Å². The Morgan fingerprint density at radius 3 is 2.55 bits per heavy atom. The van der Waals surface area contributed by atoms with Gasteiger partial charge in [-0.1, -0.05) is 35.9 Å². The highest BCUT2D eigenvalue weighted by molar-refractivity contribution is 7.89. The maximum absolute atomic E-state index is 13.2. The Hall–Kier alpha value is -3.03. The fraction of sp³-hybridized carbons (Fsp3) is 0.208. The van der Waals surface area contributed by atoms with Crippen molar-refractivity contribution in [1.82, 2.24) is 4.31 Å². The van der Waals surface area contributed by atoms with Gasteiger partial charge in [-0.25, -0.2) is 12.8 Å². The lowest BCUT2D eigenvalue weighted by atomic mass is 10.0. The van der Waals surface area contributed by atoms with Crippen LogP contribution in [0.4, 0.5) is 10.1 Å². The average molecular weight is 439 g/mol. The first kappa shape index (κ1) is 21.2. The van der Waals surface area contributed by atoms with E-state index >= 15 is 0 Å². The second kappa shape index (κ2) is 8.61. The van der Waals surface area contributed by atoms with E-state index in [4.69, 9.17) is 0 Å². The fourth-order valence-corrected chi connectivity index (χ4v) is 5.20. The van der Waals surface area contributed by atoms with E-state index in [0.717, 1.165) is 34.4 Å². The van der Waals surface area contributed by atoms with Gasteiger partial charge in [-0.15, -0.1) is 0 Å². The molecule has 4 rings (SSSR count). The van der Waals surface area contributed by atoms with Crippen LogP contribution in [0.3, 0.4) is 0 Å². The van der Waals surface area contributed by atoms with Crippen molar-refractivity contribution in [2.24, 2.45) is 0 Å². The molecular formula is C24H23FN2O3S. The van der Waals surface area contributed by atoms with Crippen molar-refractivity contribution in [1.29, 1.82) is 0 Å². The van der Waals surface area contributed by atoms with Gasteiger partial charge in [-0.2, -0.15) is 4.31 Å². The van der Waals surface area contributed by atoms with Crippen LogP contribution in [-0.4, -0.2) is 25.2 Å². The van der Waals surface area contributed by atoms with Crippen molar-refractivity contribution >= 4 is 21.6 Å². The number of nitrogens with zero attached hydrogens (tertiary/aromatic N) is 1. The molecule has 0 spiro atoms. The van der Waals surface area contributed by atoms with Crippen LogP contribution in [-0.2, 0) is 34.2 Å². The predicted molar refractivity (Wildman–Crippen MR) is 118 cm³/mol. The van der Waals surface area contributed by atoms with Crippen molar-refractivity contribution in [3.63, 3.8) is 0 Å². The summed E-state index contributed by atoms with van der Waals surface area (Å²) in [5, 5.41) is 2.90. The van der Waals surface area contributed by atoms with Crippen LogP contribution in [0, 0.1) is 12.7 Å². The number of fused-ring (bicyclic) bond motifs is 1. The van der Waals surface area contributed by atoms with E-state index in [1.807, 2.05) is 49.4 Å². The number of rotatable bonds is 5. The Kier molecular flexibility index (Phi) is 5.89. The molecule has 0 fully saturated rings. The molecule has 160 valence electrons. The largest absolute Gasteiger partial charge is 0.326 e. The standard InChI is InChI=1S/C24H23FN2O3S/c1-17-3-2-4-18(13-17)14-24(28)26-22-8-5-19-11-12-27(16-20(19)15-22)31(29,30)23-9-6-21(25)7-10-23/h2-10,13,15H,11-12,14,16H2,1H3,(H,26,28).